The van der Waals surface area contributed by atoms with E-state index in [0.717, 1.165) is 21.2 Å². The van der Waals surface area contributed by atoms with Gasteiger partial charge in [0.2, 0.25) is 0 Å². The molecule has 0 saturated carbocycles. The number of halogens is 1. The zero-order chi connectivity index (χ0) is 14.4. The fraction of sp³-hybridized carbons (Fsp3) is 0.188. The molecule has 0 fully saturated rings. The molecule has 2 aromatic rings. The van der Waals surface area contributed by atoms with Crippen molar-refractivity contribution in [2.75, 3.05) is 5.75 Å². The standard InChI is InChI=1S/C16H15IO2S/c1-2-20-15-9-3-12(4-10-15)16(11-18)19-14-7-5-13(17)6-8-14/h3-11,16H,2H2,1H3. The SMILES string of the molecule is CCSc1ccc(C(C=O)Oc2ccc(I)cc2)cc1. The Balaban J connectivity index is 2.11. The van der Waals surface area contributed by atoms with Crippen molar-refractivity contribution in [1.29, 1.82) is 0 Å². The largest absolute Gasteiger partial charge is 0.478 e. The second-order valence-electron chi connectivity index (χ2n) is 4.13. The molecule has 0 aliphatic heterocycles. The van der Waals surface area contributed by atoms with Crippen LogP contribution < -0.4 is 4.74 Å². The van der Waals surface area contributed by atoms with Crippen molar-refractivity contribution < 1.29 is 9.53 Å². The van der Waals surface area contributed by atoms with Gasteiger partial charge in [0.05, 0.1) is 0 Å². The van der Waals surface area contributed by atoms with Crippen LogP contribution in [0.4, 0.5) is 0 Å². The first-order valence-corrected chi connectivity index (χ1v) is 8.39. The van der Waals surface area contributed by atoms with Gasteiger partial charge in [-0.2, -0.15) is 0 Å². The zero-order valence-corrected chi connectivity index (χ0v) is 14.1. The van der Waals surface area contributed by atoms with E-state index in [-0.39, 0.29) is 0 Å². The van der Waals surface area contributed by atoms with Crippen LogP contribution in [0.25, 0.3) is 0 Å². The summed E-state index contributed by atoms with van der Waals surface area (Å²) < 4.78 is 6.86. The number of hydrogen-bond acceptors (Lipinski definition) is 3. The number of rotatable bonds is 6. The molecule has 0 aliphatic rings. The number of hydrogen-bond donors (Lipinski definition) is 0. The van der Waals surface area contributed by atoms with Crippen LogP contribution in [-0.4, -0.2) is 12.0 Å². The van der Waals surface area contributed by atoms with Gasteiger partial charge in [-0.3, -0.25) is 4.79 Å². The number of thioether (sulfide) groups is 1. The van der Waals surface area contributed by atoms with E-state index in [9.17, 15) is 4.79 Å². The van der Waals surface area contributed by atoms with Crippen molar-refractivity contribution in [3.8, 4) is 5.75 Å². The van der Waals surface area contributed by atoms with Gasteiger partial charge in [-0.05, 0) is 70.3 Å². The van der Waals surface area contributed by atoms with Gasteiger partial charge >= 0.3 is 0 Å². The number of benzene rings is 2. The predicted molar refractivity (Wildman–Crippen MR) is 91.4 cm³/mol. The minimum Gasteiger partial charge on any atom is -0.478 e. The maximum absolute atomic E-state index is 11.3. The lowest BCUT2D eigenvalue weighted by molar-refractivity contribution is -0.113. The summed E-state index contributed by atoms with van der Waals surface area (Å²) in [6.45, 7) is 2.12. The van der Waals surface area contributed by atoms with Crippen LogP contribution in [0.2, 0.25) is 0 Å². The van der Waals surface area contributed by atoms with Crippen LogP contribution in [0, 0.1) is 3.57 Å². The molecule has 0 aromatic heterocycles. The third-order valence-electron chi connectivity index (χ3n) is 2.72. The van der Waals surface area contributed by atoms with Crippen molar-refractivity contribution in [3.05, 3.63) is 57.7 Å². The normalized spacial score (nSPS) is 11.9. The summed E-state index contributed by atoms with van der Waals surface area (Å²) >= 11 is 4.01. The average Bonchev–Trinajstić information content (AvgIpc) is 2.48. The highest BCUT2D eigenvalue weighted by molar-refractivity contribution is 14.1. The smallest absolute Gasteiger partial charge is 0.179 e. The first-order chi connectivity index (χ1) is 9.72. The van der Waals surface area contributed by atoms with E-state index < -0.39 is 6.10 Å². The van der Waals surface area contributed by atoms with E-state index in [2.05, 4.69) is 29.5 Å². The fourth-order valence-corrected chi connectivity index (χ4v) is 2.78. The van der Waals surface area contributed by atoms with E-state index in [1.54, 1.807) is 11.8 Å². The fourth-order valence-electron chi connectivity index (χ4n) is 1.75. The van der Waals surface area contributed by atoms with Crippen molar-refractivity contribution >= 4 is 40.6 Å². The molecule has 0 aliphatic carbocycles. The predicted octanol–water partition coefficient (Wildman–Crippen LogP) is 4.72. The highest BCUT2D eigenvalue weighted by Gasteiger charge is 2.12. The maximum atomic E-state index is 11.3. The molecule has 1 atom stereocenters. The number of ether oxygens (including phenoxy) is 1. The molecular weight excluding hydrogens is 383 g/mol. The molecule has 4 heteroatoms. The third kappa shape index (κ3) is 4.24. The molecule has 0 heterocycles. The lowest BCUT2D eigenvalue weighted by Crippen LogP contribution is -2.08. The molecule has 0 saturated heterocycles. The van der Waals surface area contributed by atoms with Crippen molar-refractivity contribution in [2.45, 2.75) is 17.9 Å². The maximum Gasteiger partial charge on any atom is 0.179 e. The first kappa shape index (κ1) is 15.4. The zero-order valence-electron chi connectivity index (χ0n) is 11.1. The molecule has 0 radical (unpaired) electrons. The second kappa shape index (κ2) is 7.69. The number of carbonyl (C=O) groups excluding carboxylic acids is 1. The molecule has 0 bridgehead atoms. The van der Waals surface area contributed by atoms with Crippen LogP contribution in [0.3, 0.4) is 0 Å². The van der Waals surface area contributed by atoms with Crippen LogP contribution in [-0.2, 0) is 4.79 Å². The molecule has 2 aromatic carbocycles. The van der Waals surface area contributed by atoms with E-state index in [1.165, 1.54) is 4.90 Å². The van der Waals surface area contributed by atoms with Crippen LogP contribution in [0.1, 0.15) is 18.6 Å². The molecule has 1 unspecified atom stereocenters. The molecule has 20 heavy (non-hydrogen) atoms. The monoisotopic (exact) mass is 398 g/mol. The Bertz CT molecular complexity index is 552. The summed E-state index contributed by atoms with van der Waals surface area (Å²) in [5, 5.41) is 0. The quantitative estimate of drug-likeness (QED) is 0.400. The molecule has 2 nitrogen and oxygen atoms in total. The first-order valence-electron chi connectivity index (χ1n) is 6.33. The van der Waals surface area contributed by atoms with Gasteiger partial charge in [0, 0.05) is 8.47 Å². The second-order valence-corrected chi connectivity index (χ2v) is 6.71. The van der Waals surface area contributed by atoms with Crippen molar-refractivity contribution in [3.63, 3.8) is 0 Å². The van der Waals surface area contributed by atoms with Crippen LogP contribution in [0.15, 0.2) is 53.4 Å². The van der Waals surface area contributed by atoms with E-state index >= 15 is 0 Å². The Hall–Kier alpha value is -1.01. The summed E-state index contributed by atoms with van der Waals surface area (Å²) in [4.78, 5) is 12.5. The molecule has 0 amide bonds. The lowest BCUT2D eigenvalue weighted by Gasteiger charge is -2.14. The van der Waals surface area contributed by atoms with Gasteiger partial charge in [-0.15, -0.1) is 11.8 Å². The number of aldehydes is 1. The Labute approximate surface area is 137 Å². The Morgan fingerprint density at radius 2 is 1.80 bits per heavy atom. The number of carbonyl (C=O) groups is 1. The van der Waals surface area contributed by atoms with Gasteiger partial charge in [-0.1, -0.05) is 19.1 Å². The van der Waals surface area contributed by atoms with E-state index in [1.807, 2.05) is 48.5 Å². The Morgan fingerprint density at radius 3 is 2.35 bits per heavy atom. The average molecular weight is 398 g/mol. The molecule has 0 N–H and O–H groups in total. The van der Waals surface area contributed by atoms with Gasteiger partial charge in [0.25, 0.3) is 0 Å². The molecule has 104 valence electrons. The third-order valence-corrected chi connectivity index (χ3v) is 4.33. The minimum absolute atomic E-state index is 0.560. The summed E-state index contributed by atoms with van der Waals surface area (Å²) in [6, 6.07) is 15.6. The summed E-state index contributed by atoms with van der Waals surface area (Å²) in [5.41, 5.74) is 0.874. The van der Waals surface area contributed by atoms with Crippen LogP contribution in [0.5, 0.6) is 5.75 Å². The topological polar surface area (TPSA) is 26.3 Å². The summed E-state index contributed by atoms with van der Waals surface area (Å²) in [7, 11) is 0. The van der Waals surface area contributed by atoms with Gasteiger partial charge in [0.15, 0.2) is 12.4 Å². The summed E-state index contributed by atoms with van der Waals surface area (Å²) in [5.74, 6) is 1.74. The van der Waals surface area contributed by atoms with Crippen molar-refractivity contribution in [2.24, 2.45) is 0 Å². The van der Waals surface area contributed by atoms with Crippen molar-refractivity contribution in [1.82, 2.24) is 0 Å². The van der Waals surface area contributed by atoms with Gasteiger partial charge in [-0.25, -0.2) is 0 Å². The highest BCUT2D eigenvalue weighted by atomic mass is 127. The van der Waals surface area contributed by atoms with E-state index in [4.69, 9.17) is 4.74 Å². The molecular formula is C16H15IO2S. The van der Waals surface area contributed by atoms with E-state index in [0.29, 0.717) is 5.75 Å². The highest BCUT2D eigenvalue weighted by Crippen LogP contribution is 2.24. The summed E-state index contributed by atoms with van der Waals surface area (Å²) in [6.07, 6.45) is 0.274. The van der Waals surface area contributed by atoms with Crippen LogP contribution >= 0.6 is 34.4 Å². The minimum atomic E-state index is -0.560. The van der Waals surface area contributed by atoms with Gasteiger partial charge < -0.3 is 4.74 Å². The lowest BCUT2D eigenvalue weighted by atomic mass is 10.1. The Morgan fingerprint density at radius 1 is 1.15 bits per heavy atom. The Kier molecular flexibility index (Phi) is 5.91. The van der Waals surface area contributed by atoms with Gasteiger partial charge in [0.1, 0.15) is 5.75 Å². The molecule has 2 rings (SSSR count). The molecule has 0 spiro atoms.